The molecule has 1 heterocycles. The van der Waals surface area contributed by atoms with Crippen LogP contribution in [0.5, 0.6) is 0 Å². The summed E-state index contributed by atoms with van der Waals surface area (Å²) in [4.78, 5) is 15.2. The minimum atomic E-state index is -0.943. The number of amides is 1. The fraction of sp³-hybridized carbons (Fsp3) is 0.650. The number of hydrogen-bond donors (Lipinski definition) is 0. The number of morpholine rings is 1. The molecule has 1 saturated carbocycles. The number of carbonyl (C=O) groups excluding carboxylic acids is 1. The molecule has 144 valence electrons. The second-order valence-electron chi connectivity index (χ2n) is 7.54. The molecular weight excluding hydrogens is 370 g/mol. The van der Waals surface area contributed by atoms with E-state index in [1.165, 1.54) is 0 Å². The van der Waals surface area contributed by atoms with Crippen LogP contribution in [-0.2, 0) is 20.3 Å². The van der Waals surface area contributed by atoms with Gasteiger partial charge < -0.3 is 9.64 Å². The highest BCUT2D eigenvalue weighted by molar-refractivity contribution is 7.85. The van der Waals surface area contributed by atoms with Gasteiger partial charge in [-0.2, -0.15) is 0 Å². The number of rotatable bonds is 7. The summed E-state index contributed by atoms with van der Waals surface area (Å²) in [5, 5.41) is 0.776. The van der Waals surface area contributed by atoms with Crippen LogP contribution in [0.15, 0.2) is 24.3 Å². The van der Waals surface area contributed by atoms with E-state index < -0.39 is 16.9 Å². The molecule has 0 N–H and O–H groups in total. The van der Waals surface area contributed by atoms with Crippen molar-refractivity contribution < 1.29 is 13.7 Å². The summed E-state index contributed by atoms with van der Waals surface area (Å²) >= 11 is 6.04. The molecule has 1 saturated heterocycles. The van der Waals surface area contributed by atoms with Gasteiger partial charge in [-0.05, 0) is 42.9 Å². The molecule has 2 aliphatic rings. The monoisotopic (exact) mass is 397 g/mol. The van der Waals surface area contributed by atoms with Gasteiger partial charge in [0.1, 0.15) is 6.10 Å². The lowest BCUT2D eigenvalue weighted by atomic mass is 9.99. The normalized spacial score (nSPS) is 26.2. The zero-order valence-electron chi connectivity index (χ0n) is 15.7. The molecule has 4 nitrogen and oxygen atoms in total. The van der Waals surface area contributed by atoms with E-state index in [2.05, 4.69) is 0 Å². The first kappa shape index (κ1) is 19.8. The lowest BCUT2D eigenvalue weighted by Gasteiger charge is -2.44. The van der Waals surface area contributed by atoms with Gasteiger partial charge in [0.15, 0.2) is 0 Å². The van der Waals surface area contributed by atoms with E-state index in [4.69, 9.17) is 16.3 Å². The van der Waals surface area contributed by atoms with E-state index in [0.717, 1.165) is 18.4 Å². The first-order chi connectivity index (χ1) is 12.4. The van der Waals surface area contributed by atoms with Crippen molar-refractivity contribution in [3.8, 4) is 0 Å². The summed E-state index contributed by atoms with van der Waals surface area (Å²) in [5.74, 6) is 1.04. The maximum Gasteiger partial charge on any atom is 0.252 e. The maximum absolute atomic E-state index is 13.2. The predicted molar refractivity (Wildman–Crippen MR) is 106 cm³/mol. The van der Waals surface area contributed by atoms with Crippen molar-refractivity contribution in [3.05, 3.63) is 34.9 Å². The van der Waals surface area contributed by atoms with Crippen LogP contribution >= 0.6 is 11.6 Å². The summed E-state index contributed by atoms with van der Waals surface area (Å²) < 4.78 is 18.5. The molecule has 6 heteroatoms. The first-order valence-electron chi connectivity index (χ1n) is 9.48. The molecule has 0 bridgehead atoms. The Balaban J connectivity index is 1.93. The lowest BCUT2D eigenvalue weighted by molar-refractivity contribution is -0.164. The highest BCUT2D eigenvalue weighted by Gasteiger charge is 2.46. The second-order valence-corrected chi connectivity index (χ2v) is 10.0. The number of benzene rings is 1. The fourth-order valence-electron chi connectivity index (χ4n) is 3.59. The molecule has 2 fully saturated rings. The second kappa shape index (κ2) is 8.41. The molecule has 2 unspecified atom stereocenters. The van der Waals surface area contributed by atoms with Gasteiger partial charge in [-0.25, -0.2) is 0 Å². The van der Waals surface area contributed by atoms with E-state index in [-0.39, 0.29) is 23.2 Å². The van der Waals surface area contributed by atoms with Crippen LogP contribution in [-0.4, -0.2) is 44.8 Å². The Kier molecular flexibility index (Phi) is 6.41. The molecule has 0 radical (unpaired) electrons. The predicted octanol–water partition coefficient (Wildman–Crippen LogP) is 3.95. The van der Waals surface area contributed by atoms with Gasteiger partial charge in [0, 0.05) is 32.9 Å². The zero-order valence-corrected chi connectivity index (χ0v) is 17.3. The molecular formula is C20H28ClNO3S. The van der Waals surface area contributed by atoms with Crippen molar-refractivity contribution in [2.24, 2.45) is 5.92 Å². The van der Waals surface area contributed by atoms with Crippen LogP contribution in [0, 0.1) is 5.92 Å². The molecule has 4 atom stereocenters. The van der Waals surface area contributed by atoms with Crippen molar-refractivity contribution in [3.63, 3.8) is 0 Å². The summed E-state index contributed by atoms with van der Waals surface area (Å²) in [6.07, 6.45) is 2.48. The van der Waals surface area contributed by atoms with Gasteiger partial charge >= 0.3 is 0 Å². The fourth-order valence-corrected chi connectivity index (χ4v) is 4.87. The van der Waals surface area contributed by atoms with Crippen molar-refractivity contribution in [2.75, 3.05) is 12.4 Å². The lowest BCUT2D eigenvalue weighted by Crippen LogP contribution is -2.56. The van der Waals surface area contributed by atoms with E-state index in [9.17, 15) is 9.00 Å². The molecule has 1 aromatic rings. The third-order valence-corrected chi connectivity index (χ3v) is 7.30. The minimum Gasteiger partial charge on any atom is -0.366 e. The molecule has 26 heavy (non-hydrogen) atoms. The molecule has 1 amide bonds. The summed E-state index contributed by atoms with van der Waals surface area (Å²) in [7, 11) is -0.943. The quantitative estimate of drug-likeness (QED) is 0.699. The van der Waals surface area contributed by atoms with E-state index >= 15 is 0 Å². The van der Waals surface area contributed by atoms with E-state index in [1.807, 2.05) is 49.9 Å². The standard InChI is InChI=1S/C20H28ClNO3S/c1-4-19-20(23)22(18(15-5-6-15)12-26(24)13(2)3)17(11-25-19)14-7-9-16(21)10-8-14/h7-10,13,15,17-19H,4-6,11-12H2,1-3H3/t17-,18?,19+,26?/m0/s1. The largest absolute Gasteiger partial charge is 0.366 e. The molecule has 3 rings (SSSR count). The highest BCUT2D eigenvalue weighted by Crippen LogP contribution is 2.41. The SMILES string of the molecule is CC[C@H]1OC[C@@H](c2ccc(Cl)cc2)N(C(CS(=O)C(C)C)C2CC2)C1=O. The van der Waals surface area contributed by atoms with Crippen molar-refractivity contribution in [2.45, 2.75) is 63.5 Å². The van der Waals surface area contributed by atoms with Gasteiger partial charge in [0.2, 0.25) is 0 Å². The average molecular weight is 398 g/mol. The van der Waals surface area contributed by atoms with Crippen molar-refractivity contribution in [1.82, 2.24) is 4.90 Å². The van der Waals surface area contributed by atoms with Gasteiger partial charge in [-0.15, -0.1) is 0 Å². The third-order valence-electron chi connectivity index (χ3n) is 5.33. The summed E-state index contributed by atoms with van der Waals surface area (Å²) in [5.41, 5.74) is 1.03. The van der Waals surface area contributed by atoms with Crippen LogP contribution in [0.1, 0.15) is 51.6 Å². The Hall–Kier alpha value is -0.910. The number of hydrogen-bond acceptors (Lipinski definition) is 3. The van der Waals surface area contributed by atoms with Gasteiger partial charge in [0.05, 0.1) is 12.6 Å². The van der Waals surface area contributed by atoms with E-state index in [0.29, 0.717) is 29.7 Å². The van der Waals surface area contributed by atoms with Crippen LogP contribution < -0.4 is 0 Å². The molecule has 1 aliphatic heterocycles. The molecule has 1 aliphatic carbocycles. The van der Waals surface area contributed by atoms with Crippen molar-refractivity contribution >= 4 is 28.3 Å². The average Bonchev–Trinajstić information content (AvgIpc) is 3.45. The Bertz CT molecular complexity index is 660. The number of halogens is 1. The van der Waals surface area contributed by atoms with Crippen LogP contribution in [0.4, 0.5) is 0 Å². The first-order valence-corrected chi connectivity index (χ1v) is 11.2. The van der Waals surface area contributed by atoms with Crippen LogP contribution in [0.3, 0.4) is 0 Å². The third kappa shape index (κ3) is 4.32. The molecule has 0 aromatic heterocycles. The Morgan fingerprint density at radius 3 is 2.46 bits per heavy atom. The van der Waals surface area contributed by atoms with Gasteiger partial charge in [-0.3, -0.25) is 9.00 Å². The Morgan fingerprint density at radius 2 is 1.92 bits per heavy atom. The van der Waals surface area contributed by atoms with Crippen LogP contribution in [0.25, 0.3) is 0 Å². The highest BCUT2D eigenvalue weighted by atomic mass is 35.5. The topological polar surface area (TPSA) is 46.6 Å². The Morgan fingerprint density at radius 1 is 1.27 bits per heavy atom. The molecule has 1 aromatic carbocycles. The van der Waals surface area contributed by atoms with Crippen molar-refractivity contribution in [1.29, 1.82) is 0 Å². The summed E-state index contributed by atoms with van der Waals surface area (Å²) in [6.45, 7) is 6.41. The number of ether oxygens (including phenoxy) is 1. The van der Waals surface area contributed by atoms with Gasteiger partial charge in [0.25, 0.3) is 5.91 Å². The smallest absolute Gasteiger partial charge is 0.252 e. The number of nitrogens with zero attached hydrogens (tertiary/aromatic N) is 1. The van der Waals surface area contributed by atoms with E-state index in [1.54, 1.807) is 0 Å². The zero-order chi connectivity index (χ0) is 18.8. The van der Waals surface area contributed by atoms with Crippen LogP contribution in [0.2, 0.25) is 5.02 Å². The molecule has 0 spiro atoms. The minimum absolute atomic E-state index is 0.0179. The maximum atomic E-state index is 13.2. The Labute approximate surface area is 163 Å². The summed E-state index contributed by atoms with van der Waals surface area (Å²) in [6, 6.07) is 7.51. The number of carbonyl (C=O) groups is 1. The van der Waals surface area contributed by atoms with Gasteiger partial charge in [-0.1, -0.05) is 44.5 Å².